The van der Waals surface area contributed by atoms with Crippen LogP contribution in [-0.2, 0) is 11.2 Å². The third-order valence-electron chi connectivity index (χ3n) is 3.05. The van der Waals surface area contributed by atoms with E-state index in [1.54, 1.807) is 7.11 Å². The van der Waals surface area contributed by atoms with Crippen LogP contribution in [0.4, 0.5) is 0 Å². The molecule has 1 atom stereocenters. The Kier molecular flexibility index (Phi) is 4.56. The number of benzene rings is 2. The largest absolute Gasteiger partial charge is 0.497 e. The van der Waals surface area contributed by atoms with Gasteiger partial charge in [0, 0.05) is 0 Å². The van der Waals surface area contributed by atoms with Crippen molar-refractivity contribution >= 4 is 6.41 Å². The highest BCUT2D eigenvalue weighted by molar-refractivity contribution is 5.48. The number of amides is 1. The molecule has 0 spiro atoms. The lowest BCUT2D eigenvalue weighted by atomic mass is 9.99. The Morgan fingerprint density at radius 2 is 1.95 bits per heavy atom. The van der Waals surface area contributed by atoms with Gasteiger partial charge in [-0.3, -0.25) is 4.79 Å². The zero-order chi connectivity index (χ0) is 13.5. The second-order valence-electron chi connectivity index (χ2n) is 4.30. The second kappa shape index (κ2) is 6.59. The average Bonchev–Trinajstić information content (AvgIpc) is 2.48. The van der Waals surface area contributed by atoms with Crippen LogP contribution in [0.5, 0.6) is 5.75 Å². The first-order valence-corrected chi connectivity index (χ1v) is 6.21. The minimum Gasteiger partial charge on any atom is -0.497 e. The first-order valence-electron chi connectivity index (χ1n) is 6.21. The summed E-state index contributed by atoms with van der Waals surface area (Å²) in [5.41, 5.74) is 2.22. The van der Waals surface area contributed by atoms with Crippen molar-refractivity contribution in [2.45, 2.75) is 12.5 Å². The summed E-state index contributed by atoms with van der Waals surface area (Å²) in [6.45, 7) is 0. The van der Waals surface area contributed by atoms with E-state index >= 15 is 0 Å². The summed E-state index contributed by atoms with van der Waals surface area (Å²) < 4.78 is 5.21. The van der Waals surface area contributed by atoms with Crippen molar-refractivity contribution in [3.8, 4) is 5.75 Å². The van der Waals surface area contributed by atoms with Gasteiger partial charge in [-0.2, -0.15) is 0 Å². The van der Waals surface area contributed by atoms with Gasteiger partial charge in [-0.05, 0) is 29.7 Å². The predicted molar refractivity (Wildman–Crippen MR) is 75.1 cm³/mol. The smallest absolute Gasteiger partial charge is 0.207 e. The van der Waals surface area contributed by atoms with E-state index in [1.165, 1.54) is 0 Å². The van der Waals surface area contributed by atoms with E-state index in [1.807, 2.05) is 54.6 Å². The molecule has 3 nitrogen and oxygen atoms in total. The number of nitrogens with one attached hydrogen (secondary N) is 1. The van der Waals surface area contributed by atoms with E-state index < -0.39 is 0 Å². The van der Waals surface area contributed by atoms with Crippen molar-refractivity contribution in [1.29, 1.82) is 0 Å². The quantitative estimate of drug-likeness (QED) is 0.806. The van der Waals surface area contributed by atoms with Gasteiger partial charge in [-0.15, -0.1) is 0 Å². The lowest BCUT2D eigenvalue weighted by Gasteiger charge is -2.17. The van der Waals surface area contributed by atoms with E-state index in [2.05, 4.69) is 5.32 Å². The van der Waals surface area contributed by atoms with Crippen LogP contribution in [0.15, 0.2) is 54.6 Å². The molecule has 2 rings (SSSR count). The van der Waals surface area contributed by atoms with Crippen LogP contribution in [-0.4, -0.2) is 13.5 Å². The van der Waals surface area contributed by atoms with Gasteiger partial charge in [0.25, 0.3) is 0 Å². The molecule has 1 amide bonds. The minimum absolute atomic E-state index is 0.0224. The number of carbonyl (C=O) groups excluding carboxylic acids is 1. The highest BCUT2D eigenvalue weighted by atomic mass is 16.5. The fraction of sp³-hybridized carbons (Fsp3) is 0.188. The van der Waals surface area contributed by atoms with Gasteiger partial charge in [0.05, 0.1) is 13.2 Å². The summed E-state index contributed by atoms with van der Waals surface area (Å²) in [6, 6.07) is 17.8. The highest BCUT2D eigenvalue weighted by Crippen LogP contribution is 2.20. The van der Waals surface area contributed by atoms with Crippen molar-refractivity contribution in [2.75, 3.05) is 7.11 Å². The van der Waals surface area contributed by atoms with E-state index in [4.69, 9.17) is 4.74 Å². The van der Waals surface area contributed by atoms with Crippen molar-refractivity contribution in [3.63, 3.8) is 0 Å². The zero-order valence-electron chi connectivity index (χ0n) is 10.9. The van der Waals surface area contributed by atoms with Gasteiger partial charge in [-0.1, -0.05) is 42.5 Å². The molecule has 1 unspecified atom stereocenters. The van der Waals surface area contributed by atoms with Crippen LogP contribution in [0.1, 0.15) is 17.2 Å². The van der Waals surface area contributed by atoms with Crippen LogP contribution in [0.2, 0.25) is 0 Å². The summed E-state index contributed by atoms with van der Waals surface area (Å²) in [7, 11) is 1.65. The Morgan fingerprint density at radius 3 is 2.63 bits per heavy atom. The molecule has 2 aromatic rings. The molecule has 0 saturated heterocycles. The van der Waals surface area contributed by atoms with Crippen molar-refractivity contribution in [2.24, 2.45) is 0 Å². The SMILES string of the molecule is COc1cccc(CC(NC=O)c2ccccc2)c1. The first kappa shape index (κ1) is 13.1. The molecule has 2 aromatic carbocycles. The van der Waals surface area contributed by atoms with Crippen LogP contribution in [0, 0.1) is 0 Å². The fourth-order valence-corrected chi connectivity index (χ4v) is 2.08. The highest BCUT2D eigenvalue weighted by Gasteiger charge is 2.11. The lowest BCUT2D eigenvalue weighted by molar-refractivity contribution is -0.110. The molecule has 3 heteroatoms. The number of methoxy groups -OCH3 is 1. The Bertz CT molecular complexity index is 525. The van der Waals surface area contributed by atoms with Crippen LogP contribution in [0.3, 0.4) is 0 Å². The van der Waals surface area contributed by atoms with Gasteiger partial charge >= 0.3 is 0 Å². The van der Waals surface area contributed by atoms with E-state index in [9.17, 15) is 4.79 Å². The standard InChI is InChI=1S/C16H17NO2/c1-19-15-9-5-6-13(10-15)11-16(17-12-18)14-7-3-2-4-8-14/h2-10,12,16H,11H2,1H3,(H,17,18). The Labute approximate surface area is 113 Å². The summed E-state index contributed by atoms with van der Waals surface area (Å²) in [5.74, 6) is 0.829. The molecule has 1 N–H and O–H groups in total. The summed E-state index contributed by atoms with van der Waals surface area (Å²) >= 11 is 0. The van der Waals surface area contributed by atoms with Gasteiger partial charge in [0.1, 0.15) is 5.75 Å². The molecule has 0 saturated carbocycles. The van der Waals surface area contributed by atoms with Crippen molar-refractivity contribution < 1.29 is 9.53 Å². The summed E-state index contributed by atoms with van der Waals surface area (Å²) in [6.07, 6.45) is 1.48. The van der Waals surface area contributed by atoms with Crippen LogP contribution >= 0.6 is 0 Å². The van der Waals surface area contributed by atoms with Gasteiger partial charge in [0.2, 0.25) is 6.41 Å². The van der Waals surface area contributed by atoms with E-state index in [0.29, 0.717) is 0 Å². The van der Waals surface area contributed by atoms with Crippen molar-refractivity contribution in [1.82, 2.24) is 5.32 Å². The predicted octanol–water partition coefficient (Wildman–Crippen LogP) is 2.73. The molecule has 0 aliphatic carbocycles. The molecule has 0 fully saturated rings. The number of carbonyl (C=O) groups is 1. The molecule has 0 radical (unpaired) electrons. The molecular weight excluding hydrogens is 238 g/mol. The van der Waals surface area contributed by atoms with Crippen LogP contribution in [0.25, 0.3) is 0 Å². The second-order valence-corrected chi connectivity index (χ2v) is 4.30. The van der Waals surface area contributed by atoms with Gasteiger partial charge < -0.3 is 10.1 Å². The first-order chi connectivity index (χ1) is 9.33. The average molecular weight is 255 g/mol. The molecule has 0 aromatic heterocycles. The molecule has 19 heavy (non-hydrogen) atoms. The molecule has 0 heterocycles. The Morgan fingerprint density at radius 1 is 1.16 bits per heavy atom. The fourth-order valence-electron chi connectivity index (χ4n) is 2.08. The van der Waals surface area contributed by atoms with Crippen LogP contribution < -0.4 is 10.1 Å². The molecule has 98 valence electrons. The van der Waals surface area contributed by atoms with E-state index in [0.717, 1.165) is 29.7 Å². The molecular formula is C16H17NO2. The monoisotopic (exact) mass is 255 g/mol. The number of hydrogen-bond donors (Lipinski definition) is 1. The van der Waals surface area contributed by atoms with Gasteiger partial charge in [0.15, 0.2) is 0 Å². The third-order valence-corrected chi connectivity index (χ3v) is 3.05. The maximum atomic E-state index is 10.8. The molecule has 0 aliphatic rings. The summed E-state index contributed by atoms with van der Waals surface area (Å²) in [4.78, 5) is 10.8. The lowest BCUT2D eigenvalue weighted by Crippen LogP contribution is -2.21. The zero-order valence-corrected chi connectivity index (χ0v) is 10.9. The normalized spacial score (nSPS) is 11.6. The Balaban J connectivity index is 2.18. The molecule has 0 aliphatic heterocycles. The molecule has 0 bridgehead atoms. The third kappa shape index (κ3) is 3.58. The number of rotatable bonds is 6. The Hall–Kier alpha value is -2.29. The maximum absolute atomic E-state index is 10.8. The van der Waals surface area contributed by atoms with Gasteiger partial charge in [-0.25, -0.2) is 0 Å². The number of hydrogen-bond acceptors (Lipinski definition) is 2. The minimum atomic E-state index is -0.0224. The van der Waals surface area contributed by atoms with Crippen molar-refractivity contribution in [3.05, 3.63) is 65.7 Å². The van der Waals surface area contributed by atoms with E-state index in [-0.39, 0.29) is 6.04 Å². The summed E-state index contributed by atoms with van der Waals surface area (Å²) in [5, 5.41) is 2.86. The maximum Gasteiger partial charge on any atom is 0.207 e. The topological polar surface area (TPSA) is 38.3 Å². The number of ether oxygens (including phenoxy) is 1.